The van der Waals surface area contributed by atoms with Crippen molar-refractivity contribution < 1.29 is 49.2 Å². The summed E-state index contributed by atoms with van der Waals surface area (Å²) >= 11 is 0. The van der Waals surface area contributed by atoms with E-state index in [-0.39, 0.29) is 5.56 Å². The summed E-state index contributed by atoms with van der Waals surface area (Å²) in [5.74, 6) is -18.2. The van der Waals surface area contributed by atoms with Crippen molar-refractivity contribution in [3.05, 3.63) is 29.3 Å². The standard InChI is InChI=1S/C22H22N2O10/c1-24(2)14-13-16(27)10-9(21(32)33)6-4-3-5-7(25)8(6)15(26)11(10)18(29)22(13,34)19(30)12(17(14)28)20(23)31/h3-5,9-14,16,25,27,34H,1-2H3,(H2,23,31)(H,32,33)/t9-,10+,11?,12?,13+,14-,16-,22-/m0/s1. The third-order valence-corrected chi connectivity index (χ3v) is 7.27. The number of nitrogens with two attached hydrogens (primary N) is 1. The number of amides is 1. The minimum absolute atomic E-state index is 0.152. The zero-order chi connectivity index (χ0) is 25.4. The van der Waals surface area contributed by atoms with Crippen LogP contribution in [0.5, 0.6) is 5.75 Å². The van der Waals surface area contributed by atoms with E-state index >= 15 is 0 Å². The molecule has 1 aromatic rings. The van der Waals surface area contributed by atoms with E-state index in [1.807, 2.05) is 0 Å². The normalized spacial score (nSPS) is 37.1. The van der Waals surface area contributed by atoms with Gasteiger partial charge in [0.2, 0.25) is 5.91 Å². The molecule has 2 unspecified atom stereocenters. The number of nitrogens with zero attached hydrogens (tertiary/aromatic N) is 1. The topological polar surface area (TPSA) is 213 Å². The molecule has 8 atom stereocenters. The molecule has 1 amide bonds. The number of rotatable bonds is 3. The number of carboxylic acids is 1. The molecule has 12 nitrogen and oxygen atoms in total. The number of carboxylic acid groups (broad SMARTS) is 1. The van der Waals surface area contributed by atoms with Crippen LogP contribution in [-0.4, -0.2) is 92.2 Å². The van der Waals surface area contributed by atoms with Gasteiger partial charge in [0, 0.05) is 5.92 Å². The molecule has 0 aliphatic heterocycles. The van der Waals surface area contributed by atoms with Gasteiger partial charge in [-0.05, 0) is 25.7 Å². The summed E-state index contributed by atoms with van der Waals surface area (Å²) in [6.07, 6.45) is -2.01. The van der Waals surface area contributed by atoms with E-state index in [9.17, 15) is 49.2 Å². The number of benzene rings is 1. The van der Waals surface area contributed by atoms with Gasteiger partial charge in [0.05, 0.1) is 35.5 Å². The van der Waals surface area contributed by atoms with Crippen LogP contribution < -0.4 is 5.73 Å². The van der Waals surface area contributed by atoms with Gasteiger partial charge in [0.1, 0.15) is 5.75 Å². The van der Waals surface area contributed by atoms with Crippen LogP contribution in [0.4, 0.5) is 0 Å². The number of primary amides is 1. The molecule has 0 saturated heterocycles. The van der Waals surface area contributed by atoms with Gasteiger partial charge in [-0.2, -0.15) is 0 Å². The Morgan fingerprint density at radius 2 is 1.71 bits per heavy atom. The number of carbonyl (C=O) groups is 6. The first-order valence-electron chi connectivity index (χ1n) is 10.4. The Morgan fingerprint density at radius 3 is 2.24 bits per heavy atom. The minimum Gasteiger partial charge on any atom is -0.507 e. The quantitative estimate of drug-likeness (QED) is 0.288. The molecule has 0 radical (unpaired) electrons. The summed E-state index contributed by atoms with van der Waals surface area (Å²) in [4.78, 5) is 78.6. The van der Waals surface area contributed by atoms with Crippen molar-refractivity contribution in [3.63, 3.8) is 0 Å². The molecule has 0 heterocycles. The van der Waals surface area contributed by atoms with Crippen molar-refractivity contribution in [3.8, 4) is 5.75 Å². The lowest BCUT2D eigenvalue weighted by atomic mass is 9.49. The molecule has 3 aliphatic rings. The Bertz CT molecular complexity index is 1180. The second-order valence-corrected chi connectivity index (χ2v) is 9.13. The van der Waals surface area contributed by atoms with E-state index in [4.69, 9.17) is 5.73 Å². The molecule has 34 heavy (non-hydrogen) atoms. The second kappa shape index (κ2) is 7.52. The van der Waals surface area contributed by atoms with E-state index in [0.29, 0.717) is 0 Å². The molecule has 2 saturated carbocycles. The number of aromatic hydroxyl groups is 1. The molecular weight excluding hydrogens is 452 g/mol. The summed E-state index contributed by atoms with van der Waals surface area (Å²) in [6, 6.07) is 2.07. The summed E-state index contributed by atoms with van der Waals surface area (Å²) in [5, 5.41) is 43.0. The summed E-state index contributed by atoms with van der Waals surface area (Å²) in [6.45, 7) is 0. The van der Waals surface area contributed by atoms with Crippen LogP contribution in [0.3, 0.4) is 0 Å². The highest BCUT2D eigenvalue weighted by Gasteiger charge is 2.73. The number of phenols is 1. The van der Waals surface area contributed by atoms with E-state index in [0.717, 1.165) is 6.07 Å². The van der Waals surface area contributed by atoms with Gasteiger partial charge in [-0.3, -0.25) is 33.7 Å². The highest BCUT2D eigenvalue weighted by atomic mass is 16.4. The van der Waals surface area contributed by atoms with Crippen LogP contribution in [0.15, 0.2) is 18.2 Å². The lowest BCUT2D eigenvalue weighted by Gasteiger charge is -2.55. The van der Waals surface area contributed by atoms with Crippen molar-refractivity contribution in [2.45, 2.75) is 23.7 Å². The monoisotopic (exact) mass is 474 g/mol. The van der Waals surface area contributed by atoms with E-state index in [1.165, 1.54) is 31.1 Å². The van der Waals surface area contributed by atoms with Crippen molar-refractivity contribution in [1.29, 1.82) is 0 Å². The number of aliphatic carboxylic acids is 1. The maximum Gasteiger partial charge on any atom is 0.311 e. The predicted molar refractivity (Wildman–Crippen MR) is 109 cm³/mol. The highest BCUT2D eigenvalue weighted by molar-refractivity contribution is 6.32. The second-order valence-electron chi connectivity index (χ2n) is 9.13. The molecule has 4 rings (SSSR count). The average molecular weight is 474 g/mol. The SMILES string of the molecule is CN(C)[C@@H]1C(=O)C(C(N)=O)C(=O)[C@@]2(O)C(=O)C3C(=O)c4c(O)cccc4[C@H](C(=O)O)[C@H]3[C@H](O)[C@@H]12. The number of Topliss-reactive ketones (excluding diaryl/α,β-unsaturated/α-hetero) is 4. The molecule has 180 valence electrons. The number of carbonyl (C=O) groups excluding carboxylic acids is 5. The van der Waals surface area contributed by atoms with Gasteiger partial charge in [-0.15, -0.1) is 0 Å². The van der Waals surface area contributed by atoms with Gasteiger partial charge in [0.15, 0.2) is 34.7 Å². The third-order valence-electron chi connectivity index (χ3n) is 7.27. The Hall–Kier alpha value is -3.48. The van der Waals surface area contributed by atoms with Gasteiger partial charge < -0.3 is 26.2 Å². The van der Waals surface area contributed by atoms with Crippen LogP contribution in [-0.2, 0) is 24.0 Å². The van der Waals surface area contributed by atoms with Crippen LogP contribution in [0, 0.1) is 23.7 Å². The maximum atomic E-state index is 13.7. The molecule has 0 bridgehead atoms. The first-order valence-corrected chi connectivity index (χ1v) is 10.4. The zero-order valence-electron chi connectivity index (χ0n) is 18.0. The fourth-order valence-corrected chi connectivity index (χ4v) is 5.93. The highest BCUT2D eigenvalue weighted by Crippen LogP contribution is 2.54. The van der Waals surface area contributed by atoms with Crippen LogP contribution in [0.25, 0.3) is 0 Å². The fourth-order valence-electron chi connectivity index (χ4n) is 5.93. The van der Waals surface area contributed by atoms with Crippen LogP contribution >= 0.6 is 0 Å². The molecule has 6 N–H and O–H groups in total. The van der Waals surface area contributed by atoms with Crippen molar-refractivity contribution in [2.75, 3.05) is 14.1 Å². The summed E-state index contributed by atoms with van der Waals surface area (Å²) in [7, 11) is 2.68. The van der Waals surface area contributed by atoms with Crippen molar-refractivity contribution in [1.82, 2.24) is 4.90 Å². The number of aliphatic hydroxyl groups excluding tert-OH is 1. The molecule has 1 aromatic carbocycles. The Labute approximate surface area is 191 Å². The molecule has 2 fully saturated rings. The molecular formula is C22H22N2O10. The maximum absolute atomic E-state index is 13.7. The van der Waals surface area contributed by atoms with Gasteiger partial charge in [0.25, 0.3) is 0 Å². The first kappa shape index (κ1) is 23.7. The molecule has 0 spiro atoms. The lowest BCUT2D eigenvalue weighted by Crippen LogP contribution is -2.78. The number of aliphatic hydroxyl groups is 2. The molecule has 0 aromatic heterocycles. The largest absolute Gasteiger partial charge is 0.507 e. The third kappa shape index (κ3) is 2.76. The summed E-state index contributed by atoms with van der Waals surface area (Å²) in [5.41, 5.74) is 1.41. The number of phenolic OH excluding ortho intramolecular Hbond substituents is 1. The van der Waals surface area contributed by atoms with Crippen LogP contribution in [0.2, 0.25) is 0 Å². The smallest absolute Gasteiger partial charge is 0.311 e. The van der Waals surface area contributed by atoms with Gasteiger partial charge in [-0.25, -0.2) is 0 Å². The van der Waals surface area contributed by atoms with Crippen molar-refractivity contribution in [2.24, 2.45) is 29.4 Å². The fraction of sp³-hybridized carbons (Fsp3) is 0.455. The molecule has 12 heteroatoms. The Balaban J connectivity index is 2.01. The number of hydrogen-bond donors (Lipinski definition) is 5. The zero-order valence-corrected chi connectivity index (χ0v) is 18.0. The average Bonchev–Trinajstić information content (AvgIpc) is 2.73. The minimum atomic E-state index is -3.18. The Kier molecular flexibility index (Phi) is 5.23. The van der Waals surface area contributed by atoms with Gasteiger partial charge in [-0.1, -0.05) is 12.1 Å². The van der Waals surface area contributed by atoms with E-state index in [1.54, 1.807) is 0 Å². The first-order chi connectivity index (χ1) is 15.8. The summed E-state index contributed by atoms with van der Waals surface area (Å²) < 4.78 is 0. The number of ketones is 4. The van der Waals surface area contributed by atoms with E-state index in [2.05, 4.69) is 0 Å². The Morgan fingerprint density at radius 1 is 1.09 bits per heavy atom. The van der Waals surface area contributed by atoms with Gasteiger partial charge >= 0.3 is 5.97 Å². The van der Waals surface area contributed by atoms with Crippen molar-refractivity contribution >= 4 is 35.0 Å². The lowest BCUT2D eigenvalue weighted by molar-refractivity contribution is -0.197. The van der Waals surface area contributed by atoms with E-state index < -0.39 is 93.7 Å². The molecule has 3 aliphatic carbocycles. The number of hydrogen-bond acceptors (Lipinski definition) is 10. The number of fused-ring (bicyclic) bond motifs is 3. The van der Waals surface area contributed by atoms with Crippen LogP contribution in [0.1, 0.15) is 21.8 Å². The number of likely N-dealkylation sites (N-methyl/N-ethyl adjacent to an activating group) is 1. The predicted octanol–water partition coefficient (Wildman–Crippen LogP) is -2.54.